The molecule has 0 saturated carbocycles. The Morgan fingerprint density at radius 2 is 2.14 bits per heavy atom. The Morgan fingerprint density at radius 1 is 1.31 bits per heavy atom. The van der Waals surface area contributed by atoms with Gasteiger partial charge in [0.25, 0.3) is 0 Å². The molecule has 7 nitrogen and oxygen atoms in total. The number of aliphatic carboxylic acids is 1. The summed E-state index contributed by atoms with van der Waals surface area (Å²) in [6.45, 7) is 2.47. The van der Waals surface area contributed by atoms with Gasteiger partial charge in [-0.05, 0) is 59.0 Å². The van der Waals surface area contributed by atoms with Crippen LogP contribution >= 0.6 is 15.9 Å². The zero-order valence-corrected chi connectivity index (χ0v) is 17.9. The van der Waals surface area contributed by atoms with Gasteiger partial charge in [0.15, 0.2) is 0 Å². The standard InChI is InChI=1S/C21H24BrN3O4/c1-2-16-6-7-19-21(14-10-15(22)12-23-11-14)17(4-3-5-20(27)28)18(24-25(16)19)13-29-9-8-26/h6-7,10-12,26H,2-5,8-9,13H2,1H3,(H,27,28). The van der Waals surface area contributed by atoms with Gasteiger partial charge in [0.05, 0.1) is 31.0 Å². The van der Waals surface area contributed by atoms with E-state index in [9.17, 15) is 4.79 Å². The van der Waals surface area contributed by atoms with Crippen molar-refractivity contribution in [2.75, 3.05) is 13.2 Å². The van der Waals surface area contributed by atoms with Crippen LogP contribution in [0.3, 0.4) is 0 Å². The molecule has 0 saturated heterocycles. The Morgan fingerprint density at radius 3 is 2.83 bits per heavy atom. The average Bonchev–Trinajstić information content (AvgIpc) is 3.10. The maximum absolute atomic E-state index is 11.1. The van der Waals surface area contributed by atoms with Gasteiger partial charge in [-0.3, -0.25) is 9.78 Å². The number of aliphatic hydroxyl groups is 1. The van der Waals surface area contributed by atoms with Crippen LogP contribution in [0.25, 0.3) is 16.6 Å². The number of pyridine rings is 1. The SMILES string of the molecule is CCc1ccc2c(-c3cncc(Br)c3)c(CCCC(=O)O)c(COCCO)nn12. The van der Waals surface area contributed by atoms with Crippen molar-refractivity contribution in [3.63, 3.8) is 0 Å². The Bertz CT molecular complexity index is 1000. The number of carboxylic acids is 1. The van der Waals surface area contributed by atoms with Crippen molar-refractivity contribution >= 4 is 27.4 Å². The lowest BCUT2D eigenvalue weighted by molar-refractivity contribution is -0.137. The highest BCUT2D eigenvalue weighted by atomic mass is 79.9. The van der Waals surface area contributed by atoms with Gasteiger partial charge in [-0.1, -0.05) is 6.92 Å². The Hall–Kier alpha value is -2.29. The number of ether oxygens (including phenoxy) is 1. The van der Waals surface area contributed by atoms with E-state index in [2.05, 4.69) is 33.9 Å². The minimum atomic E-state index is -0.821. The fourth-order valence-electron chi connectivity index (χ4n) is 3.43. The molecule has 0 aliphatic carbocycles. The molecular formula is C21H24BrN3O4. The molecule has 0 radical (unpaired) electrons. The molecular weight excluding hydrogens is 438 g/mol. The van der Waals surface area contributed by atoms with Crippen LogP contribution < -0.4 is 0 Å². The van der Waals surface area contributed by atoms with Gasteiger partial charge in [0.2, 0.25) is 0 Å². The third-order valence-corrected chi connectivity index (χ3v) is 5.14. The first-order valence-electron chi connectivity index (χ1n) is 9.58. The molecule has 0 unspecified atom stereocenters. The van der Waals surface area contributed by atoms with Crippen LogP contribution in [0.4, 0.5) is 0 Å². The highest BCUT2D eigenvalue weighted by Gasteiger charge is 2.19. The second-order valence-corrected chi connectivity index (χ2v) is 7.61. The minimum absolute atomic E-state index is 0.0667. The second kappa shape index (κ2) is 9.96. The number of nitrogens with zero attached hydrogens (tertiary/aromatic N) is 3. The predicted molar refractivity (Wildman–Crippen MR) is 113 cm³/mol. The molecule has 0 amide bonds. The van der Waals surface area contributed by atoms with E-state index in [1.54, 1.807) is 12.4 Å². The summed E-state index contributed by atoms with van der Waals surface area (Å²) in [6.07, 6.45) is 5.49. The normalized spacial score (nSPS) is 11.3. The summed E-state index contributed by atoms with van der Waals surface area (Å²) in [5.41, 5.74) is 5.65. The summed E-state index contributed by atoms with van der Waals surface area (Å²) in [5.74, 6) is -0.821. The summed E-state index contributed by atoms with van der Waals surface area (Å²) in [7, 11) is 0. The number of carbonyl (C=O) groups is 1. The molecule has 8 heteroatoms. The molecule has 0 bridgehead atoms. The first-order valence-corrected chi connectivity index (χ1v) is 10.4. The number of rotatable bonds is 10. The van der Waals surface area contributed by atoms with E-state index in [4.69, 9.17) is 20.0 Å². The molecule has 3 rings (SSSR count). The summed E-state index contributed by atoms with van der Waals surface area (Å²) in [5, 5.41) is 23.0. The van der Waals surface area contributed by atoms with E-state index in [1.165, 1.54) is 0 Å². The molecule has 29 heavy (non-hydrogen) atoms. The highest BCUT2D eigenvalue weighted by Crippen LogP contribution is 2.33. The molecule has 2 N–H and O–H groups in total. The smallest absolute Gasteiger partial charge is 0.303 e. The molecule has 0 aliphatic heterocycles. The summed E-state index contributed by atoms with van der Waals surface area (Å²) < 4.78 is 8.37. The topological polar surface area (TPSA) is 97.0 Å². The van der Waals surface area contributed by atoms with E-state index in [0.29, 0.717) is 12.8 Å². The van der Waals surface area contributed by atoms with Crippen molar-refractivity contribution in [2.24, 2.45) is 0 Å². The Kier molecular flexibility index (Phi) is 7.35. The molecule has 0 atom stereocenters. The number of halogens is 1. The van der Waals surface area contributed by atoms with Crippen LogP contribution in [0, 0.1) is 0 Å². The predicted octanol–water partition coefficient (Wildman–Crippen LogP) is 3.64. The lowest BCUT2D eigenvalue weighted by atomic mass is 9.95. The van der Waals surface area contributed by atoms with Crippen LogP contribution in [0.5, 0.6) is 0 Å². The number of hydrogen-bond acceptors (Lipinski definition) is 5. The van der Waals surface area contributed by atoms with Gasteiger partial charge in [-0.2, -0.15) is 5.10 Å². The van der Waals surface area contributed by atoms with Crippen LogP contribution in [0.15, 0.2) is 35.1 Å². The fourth-order valence-corrected chi connectivity index (χ4v) is 3.80. The first-order chi connectivity index (χ1) is 14.0. The molecule has 3 aromatic rings. The molecule has 0 fully saturated rings. The van der Waals surface area contributed by atoms with Crippen molar-refractivity contribution in [3.8, 4) is 11.1 Å². The molecule has 3 aromatic heterocycles. The van der Waals surface area contributed by atoms with E-state index < -0.39 is 5.97 Å². The van der Waals surface area contributed by atoms with Gasteiger partial charge < -0.3 is 14.9 Å². The number of carboxylic acid groups (broad SMARTS) is 1. The zero-order valence-electron chi connectivity index (χ0n) is 16.3. The second-order valence-electron chi connectivity index (χ2n) is 6.69. The van der Waals surface area contributed by atoms with Crippen molar-refractivity contribution in [1.82, 2.24) is 14.6 Å². The van der Waals surface area contributed by atoms with Crippen LogP contribution in [0.2, 0.25) is 0 Å². The molecule has 3 heterocycles. The summed E-state index contributed by atoms with van der Waals surface area (Å²) in [4.78, 5) is 15.4. The monoisotopic (exact) mass is 461 g/mol. The van der Waals surface area contributed by atoms with Crippen molar-refractivity contribution < 1.29 is 19.7 Å². The quantitative estimate of drug-likeness (QED) is 0.447. The largest absolute Gasteiger partial charge is 0.481 e. The lowest BCUT2D eigenvalue weighted by Crippen LogP contribution is -2.11. The average molecular weight is 462 g/mol. The molecule has 0 spiro atoms. The van der Waals surface area contributed by atoms with Gasteiger partial charge in [-0.15, -0.1) is 0 Å². The third kappa shape index (κ3) is 5.01. The van der Waals surface area contributed by atoms with E-state index in [-0.39, 0.29) is 26.2 Å². The highest BCUT2D eigenvalue weighted by molar-refractivity contribution is 9.10. The van der Waals surface area contributed by atoms with Crippen LogP contribution in [-0.2, 0) is 29.0 Å². The van der Waals surface area contributed by atoms with Crippen LogP contribution in [0.1, 0.15) is 36.7 Å². The van der Waals surface area contributed by atoms with Crippen molar-refractivity contribution in [2.45, 2.75) is 39.2 Å². The Labute approximate surface area is 177 Å². The number of aliphatic hydroxyl groups excluding tert-OH is 1. The maximum Gasteiger partial charge on any atom is 0.303 e. The van der Waals surface area contributed by atoms with Gasteiger partial charge >= 0.3 is 5.97 Å². The number of fused-ring (bicyclic) bond motifs is 1. The van der Waals surface area contributed by atoms with E-state index in [0.717, 1.165) is 44.5 Å². The minimum Gasteiger partial charge on any atom is -0.481 e. The van der Waals surface area contributed by atoms with E-state index >= 15 is 0 Å². The fraction of sp³-hybridized carbons (Fsp3) is 0.381. The van der Waals surface area contributed by atoms with E-state index in [1.807, 2.05) is 16.6 Å². The molecule has 0 aromatic carbocycles. The number of hydrogen-bond donors (Lipinski definition) is 2. The van der Waals surface area contributed by atoms with Crippen molar-refractivity contribution in [3.05, 3.63) is 52.0 Å². The lowest BCUT2D eigenvalue weighted by Gasteiger charge is -2.17. The zero-order chi connectivity index (χ0) is 20.8. The third-order valence-electron chi connectivity index (χ3n) is 4.71. The molecule has 0 aliphatic rings. The number of aryl methyl sites for hydroxylation is 1. The van der Waals surface area contributed by atoms with Gasteiger partial charge in [0.1, 0.15) is 0 Å². The first kappa shape index (κ1) is 21.4. The van der Waals surface area contributed by atoms with Crippen LogP contribution in [-0.4, -0.2) is 44.0 Å². The summed E-state index contributed by atoms with van der Waals surface area (Å²) in [6, 6.07) is 6.10. The van der Waals surface area contributed by atoms with Gasteiger partial charge in [-0.25, -0.2) is 4.52 Å². The Balaban J connectivity index is 2.20. The van der Waals surface area contributed by atoms with Gasteiger partial charge in [0, 0.05) is 40.1 Å². The summed E-state index contributed by atoms with van der Waals surface area (Å²) >= 11 is 3.49. The van der Waals surface area contributed by atoms with Crippen molar-refractivity contribution in [1.29, 1.82) is 0 Å². The maximum atomic E-state index is 11.1. The number of aromatic nitrogens is 3. The molecule has 154 valence electrons.